The van der Waals surface area contributed by atoms with Gasteiger partial charge in [0.2, 0.25) is 11.8 Å². The first-order chi connectivity index (χ1) is 27.6. The third-order valence-electron chi connectivity index (χ3n) is 10.8. The number of carbonyl (C=O) groups is 1. The molecule has 4 bridgehead atoms. The third-order valence-corrected chi connectivity index (χ3v) is 10.8. The Hall–Kier alpha value is -6.48. The second kappa shape index (κ2) is 14.5. The number of carbonyl (C=O) groups excluding carboxylic acids is 1. The second-order valence-electron chi connectivity index (χ2n) is 14.5. The number of anilines is 2. The number of hydrogen-bond donors (Lipinski definition) is 1. The molecule has 290 valence electrons. The monoisotopic (exact) mass is 773 g/mol. The topological polar surface area (TPSA) is 115 Å². The highest BCUT2D eigenvalue weighted by Crippen LogP contribution is 2.39. The summed E-state index contributed by atoms with van der Waals surface area (Å²) in [5, 5.41) is 8.65. The molecule has 4 aromatic heterocycles. The van der Waals surface area contributed by atoms with Crippen molar-refractivity contribution in [1.29, 1.82) is 0 Å². The fourth-order valence-corrected chi connectivity index (χ4v) is 8.03. The van der Waals surface area contributed by atoms with Crippen LogP contribution in [0.1, 0.15) is 17.8 Å². The highest BCUT2D eigenvalue weighted by atomic mass is 19.1. The van der Waals surface area contributed by atoms with Crippen LogP contribution in [-0.2, 0) is 22.7 Å². The minimum absolute atomic E-state index is 0.00750. The van der Waals surface area contributed by atoms with E-state index in [2.05, 4.69) is 15.4 Å². The molecule has 2 aliphatic heterocycles. The summed E-state index contributed by atoms with van der Waals surface area (Å²) in [6.07, 6.45) is 3.18. The van der Waals surface area contributed by atoms with Gasteiger partial charge in [-0.25, -0.2) is 32.8 Å². The van der Waals surface area contributed by atoms with E-state index in [1.165, 1.54) is 22.9 Å². The molecule has 12 nitrogen and oxygen atoms in total. The van der Waals surface area contributed by atoms with Crippen LogP contribution in [0.3, 0.4) is 0 Å². The molecule has 0 unspecified atom stereocenters. The van der Waals surface area contributed by atoms with Gasteiger partial charge in [0.15, 0.2) is 5.82 Å². The van der Waals surface area contributed by atoms with Crippen molar-refractivity contribution in [1.82, 2.24) is 34.2 Å². The largest absolute Gasteiger partial charge is 0.471 e. The van der Waals surface area contributed by atoms with Gasteiger partial charge in [0.1, 0.15) is 47.1 Å². The van der Waals surface area contributed by atoms with Crippen LogP contribution in [0, 0.1) is 24.4 Å². The lowest BCUT2D eigenvalue weighted by Gasteiger charge is -2.31. The van der Waals surface area contributed by atoms with Gasteiger partial charge < -0.3 is 29.2 Å². The van der Waals surface area contributed by atoms with Crippen molar-refractivity contribution in [3.63, 3.8) is 0 Å². The molecule has 0 saturated carbocycles. The molecule has 3 atom stereocenters. The Morgan fingerprint density at radius 1 is 0.877 bits per heavy atom. The van der Waals surface area contributed by atoms with E-state index in [0.29, 0.717) is 64.5 Å². The molecule has 1 fully saturated rings. The molecule has 1 amide bonds. The Bertz CT molecular complexity index is 2650. The van der Waals surface area contributed by atoms with E-state index in [1.807, 2.05) is 64.9 Å². The average Bonchev–Trinajstić information content (AvgIpc) is 3.91. The van der Waals surface area contributed by atoms with Crippen LogP contribution in [0.2, 0.25) is 0 Å². The maximum absolute atomic E-state index is 15.4. The smallest absolute Gasteiger partial charge is 0.245 e. The number of nitrogens with one attached hydrogen (secondary N) is 1. The van der Waals surface area contributed by atoms with Gasteiger partial charge in [-0.05, 0) is 49.2 Å². The van der Waals surface area contributed by atoms with E-state index < -0.39 is 29.6 Å². The van der Waals surface area contributed by atoms with Gasteiger partial charge in [-0.1, -0.05) is 36.4 Å². The first-order valence-electron chi connectivity index (χ1n) is 18.6. The number of pyridine rings is 2. The summed E-state index contributed by atoms with van der Waals surface area (Å²) < 4.78 is 60.0. The minimum Gasteiger partial charge on any atom is -0.471 e. The molecular formula is C42H38F3N9O3. The molecule has 1 N–H and O–H groups in total. The third kappa shape index (κ3) is 6.67. The highest BCUT2D eigenvalue weighted by Gasteiger charge is 2.40. The Labute approximate surface area is 325 Å². The number of benzene rings is 3. The van der Waals surface area contributed by atoms with E-state index >= 15 is 8.78 Å². The molecule has 6 heterocycles. The van der Waals surface area contributed by atoms with Crippen LogP contribution in [0.25, 0.3) is 38.9 Å². The SMILES string of the molecule is CO[C@H]1CN(C)C(=O)[C@@H]2C[C@@H](CN2c2cnc(OCc3ccccc3)c3c2cnn3-c2ccc(F)cc2F)Nc2cccc(n2)-c2cc(F)cc3nc(C)n(c23)C1. The fourth-order valence-electron chi connectivity index (χ4n) is 8.03. The highest BCUT2D eigenvalue weighted by molar-refractivity contribution is 5.98. The van der Waals surface area contributed by atoms with Crippen LogP contribution in [0.15, 0.2) is 91.3 Å². The zero-order valence-electron chi connectivity index (χ0n) is 31.4. The molecule has 57 heavy (non-hydrogen) atoms. The van der Waals surface area contributed by atoms with Crippen molar-refractivity contribution in [2.45, 2.75) is 44.7 Å². The first kappa shape index (κ1) is 36.2. The van der Waals surface area contributed by atoms with Crippen molar-refractivity contribution in [3.05, 3.63) is 120 Å². The number of aryl methyl sites for hydroxylation is 1. The second-order valence-corrected chi connectivity index (χ2v) is 14.5. The van der Waals surface area contributed by atoms with Gasteiger partial charge >= 0.3 is 0 Å². The summed E-state index contributed by atoms with van der Waals surface area (Å²) in [4.78, 5) is 32.6. The summed E-state index contributed by atoms with van der Waals surface area (Å²) in [7, 11) is 3.35. The van der Waals surface area contributed by atoms with Crippen molar-refractivity contribution >= 4 is 39.3 Å². The Morgan fingerprint density at radius 2 is 1.72 bits per heavy atom. The predicted octanol–water partition coefficient (Wildman–Crippen LogP) is 6.68. The normalized spacial score (nSPS) is 18.5. The molecule has 3 aromatic carbocycles. The van der Waals surface area contributed by atoms with Gasteiger partial charge in [-0.3, -0.25) is 4.79 Å². The number of hydrogen-bond acceptors (Lipinski definition) is 9. The Morgan fingerprint density at radius 3 is 2.53 bits per heavy atom. The molecule has 15 heteroatoms. The number of imidazole rings is 1. The van der Waals surface area contributed by atoms with Crippen LogP contribution < -0.4 is 15.0 Å². The maximum Gasteiger partial charge on any atom is 0.245 e. The van der Waals surface area contributed by atoms with Gasteiger partial charge in [0.05, 0.1) is 52.8 Å². The van der Waals surface area contributed by atoms with E-state index in [1.54, 1.807) is 31.5 Å². The number of amides is 1. The maximum atomic E-state index is 15.4. The lowest BCUT2D eigenvalue weighted by Crippen LogP contribution is -2.47. The van der Waals surface area contributed by atoms with Crippen molar-refractivity contribution in [3.8, 4) is 22.8 Å². The molecular weight excluding hydrogens is 736 g/mol. The Balaban J connectivity index is 1.15. The Kier molecular flexibility index (Phi) is 9.23. The summed E-state index contributed by atoms with van der Waals surface area (Å²) >= 11 is 0. The van der Waals surface area contributed by atoms with E-state index in [0.717, 1.165) is 23.2 Å². The van der Waals surface area contributed by atoms with Crippen molar-refractivity contribution in [2.75, 3.05) is 37.5 Å². The quantitative estimate of drug-likeness (QED) is 0.198. The van der Waals surface area contributed by atoms with Crippen LogP contribution >= 0.6 is 0 Å². The van der Waals surface area contributed by atoms with E-state index in [-0.39, 0.29) is 36.7 Å². The lowest BCUT2D eigenvalue weighted by atomic mass is 10.1. The molecule has 0 aliphatic carbocycles. The van der Waals surface area contributed by atoms with E-state index in [4.69, 9.17) is 19.4 Å². The van der Waals surface area contributed by atoms with Crippen LogP contribution in [0.4, 0.5) is 24.7 Å². The number of halogens is 3. The predicted molar refractivity (Wildman–Crippen MR) is 209 cm³/mol. The number of ether oxygens (including phenoxy) is 2. The van der Waals surface area contributed by atoms with Crippen molar-refractivity contribution < 1.29 is 27.4 Å². The van der Waals surface area contributed by atoms with Crippen LogP contribution in [0.5, 0.6) is 5.88 Å². The van der Waals surface area contributed by atoms with Gasteiger partial charge in [0, 0.05) is 51.0 Å². The van der Waals surface area contributed by atoms with Crippen LogP contribution in [-0.4, -0.2) is 85.5 Å². The first-order valence-corrected chi connectivity index (χ1v) is 18.6. The summed E-state index contributed by atoms with van der Waals surface area (Å²) in [6, 6.07) is 20.3. The summed E-state index contributed by atoms with van der Waals surface area (Å²) in [5.41, 5.74) is 4.22. The summed E-state index contributed by atoms with van der Waals surface area (Å²) in [5.74, 6) is -0.701. The zero-order valence-corrected chi connectivity index (χ0v) is 31.4. The van der Waals surface area contributed by atoms with Gasteiger partial charge in [0.25, 0.3) is 0 Å². The number of fused-ring (bicyclic) bond motifs is 6. The molecule has 0 spiro atoms. The van der Waals surface area contributed by atoms with Gasteiger partial charge in [-0.2, -0.15) is 5.10 Å². The molecule has 2 aliphatic rings. The molecule has 9 rings (SSSR count). The minimum atomic E-state index is -0.813. The average molecular weight is 774 g/mol. The lowest BCUT2D eigenvalue weighted by molar-refractivity contribution is -0.132. The number of aromatic nitrogens is 6. The number of nitrogens with zero attached hydrogens (tertiary/aromatic N) is 8. The van der Waals surface area contributed by atoms with Gasteiger partial charge in [-0.15, -0.1) is 0 Å². The standard InChI is InChI=1S/C42H38F3N9O3/c1-24-48-34-16-27(44)14-30-33-10-7-11-38(50-33)49-28-17-36(42(55)51(2)21-29(56-3)22-52(24)39(30)34)53(20-28)37-19-46-41(57-23-25-8-5-4-6-9-25)40-31(37)18-47-54(40)35-13-12-26(43)15-32(35)45/h4-16,18-19,28-29,36H,17,20-23H2,1-3H3,(H,49,50)/t28-,29-,36-/m0/s1. The molecule has 7 aromatic rings. The fraction of sp³-hybridized carbons (Fsp3) is 0.262. The zero-order chi connectivity index (χ0) is 39.4. The number of likely N-dealkylation sites (N-methyl/N-ethyl adjacent to an activating group) is 1. The van der Waals surface area contributed by atoms with Crippen molar-refractivity contribution in [2.24, 2.45) is 0 Å². The van der Waals surface area contributed by atoms with E-state index in [9.17, 15) is 9.18 Å². The summed E-state index contributed by atoms with van der Waals surface area (Å²) in [6.45, 7) is 2.99. The molecule has 1 saturated heterocycles. The number of rotatable bonds is 6. The molecule has 0 radical (unpaired) electrons. The number of methoxy groups -OCH3 is 1.